The summed E-state index contributed by atoms with van der Waals surface area (Å²) < 4.78 is 0. The van der Waals surface area contributed by atoms with Gasteiger partial charge in [0, 0.05) is 19.0 Å². The number of imidazole rings is 1. The number of aromatic nitrogens is 2. The summed E-state index contributed by atoms with van der Waals surface area (Å²) in [5, 5.41) is 27.6. The Bertz CT molecular complexity index is 617. The number of nitrogens with two attached hydrogens (primary N) is 1. The standard InChI is InChI=1S/C11H16N4O5.C4H8O3/c12-7(10(17)18)1-2-9(16)15-8(11(19)20)3-6-4-13-5-14-6;1-3(2)4(5)7-6/h4-5,7-8H,1-3,12H2,(H,13,14)(H,15,16)(H,17,18)(H,19,20);3,6H,1-2H3. The van der Waals surface area contributed by atoms with Crippen LogP contribution in [0.25, 0.3) is 0 Å². The van der Waals surface area contributed by atoms with Gasteiger partial charge in [-0.2, -0.15) is 5.26 Å². The summed E-state index contributed by atoms with van der Waals surface area (Å²) >= 11 is 0. The van der Waals surface area contributed by atoms with Gasteiger partial charge in [-0.25, -0.2) is 14.6 Å². The summed E-state index contributed by atoms with van der Waals surface area (Å²) in [5.74, 6) is -3.80. The zero-order chi connectivity index (χ0) is 21.0. The minimum Gasteiger partial charge on any atom is -0.480 e. The third kappa shape index (κ3) is 10.6. The molecule has 0 bridgehead atoms. The Morgan fingerprint density at radius 1 is 1.26 bits per heavy atom. The number of hydrogen-bond donors (Lipinski definition) is 6. The maximum atomic E-state index is 11.6. The maximum absolute atomic E-state index is 11.6. The molecular weight excluding hydrogens is 364 g/mol. The number of nitrogens with zero attached hydrogens (tertiary/aromatic N) is 1. The van der Waals surface area contributed by atoms with Crippen molar-refractivity contribution in [3.8, 4) is 0 Å². The SMILES string of the molecule is CC(C)C(=O)OO.NC(CCC(=O)NC(Cc1c[nH]cn1)C(=O)O)C(=O)O. The van der Waals surface area contributed by atoms with Gasteiger partial charge in [0.15, 0.2) is 0 Å². The number of carboxylic acids is 2. The molecule has 0 aliphatic carbocycles. The summed E-state index contributed by atoms with van der Waals surface area (Å²) in [6.07, 6.45) is 2.76. The van der Waals surface area contributed by atoms with Gasteiger partial charge in [0.25, 0.3) is 0 Å². The number of carbonyl (C=O) groups excluding carboxylic acids is 2. The van der Waals surface area contributed by atoms with Crippen LogP contribution >= 0.6 is 0 Å². The minimum absolute atomic E-state index is 0.0373. The second-order valence-electron chi connectivity index (χ2n) is 5.77. The first kappa shape index (κ1) is 24.0. The van der Waals surface area contributed by atoms with Crippen molar-refractivity contribution in [2.75, 3.05) is 0 Å². The van der Waals surface area contributed by atoms with E-state index in [1.54, 1.807) is 13.8 Å². The van der Waals surface area contributed by atoms with E-state index in [1.165, 1.54) is 12.5 Å². The number of rotatable bonds is 9. The molecule has 12 heteroatoms. The third-order valence-corrected chi connectivity index (χ3v) is 3.16. The third-order valence-electron chi connectivity index (χ3n) is 3.16. The van der Waals surface area contributed by atoms with Crippen molar-refractivity contribution in [3.63, 3.8) is 0 Å². The monoisotopic (exact) mass is 388 g/mol. The van der Waals surface area contributed by atoms with E-state index in [-0.39, 0.29) is 25.2 Å². The van der Waals surface area contributed by atoms with Crippen molar-refractivity contribution in [1.29, 1.82) is 0 Å². The van der Waals surface area contributed by atoms with Gasteiger partial charge in [-0.3, -0.25) is 9.59 Å². The molecule has 12 nitrogen and oxygen atoms in total. The van der Waals surface area contributed by atoms with Crippen LogP contribution in [0, 0.1) is 5.92 Å². The Hall–Kier alpha value is -2.99. The number of carbonyl (C=O) groups is 4. The highest BCUT2D eigenvalue weighted by Crippen LogP contribution is 2.01. The molecule has 0 aliphatic heterocycles. The van der Waals surface area contributed by atoms with E-state index >= 15 is 0 Å². The van der Waals surface area contributed by atoms with Gasteiger partial charge in [0.2, 0.25) is 5.91 Å². The van der Waals surface area contributed by atoms with Crippen molar-refractivity contribution < 1.29 is 39.5 Å². The molecule has 152 valence electrons. The van der Waals surface area contributed by atoms with Gasteiger partial charge in [0.1, 0.15) is 12.1 Å². The molecule has 0 fully saturated rings. The predicted molar refractivity (Wildman–Crippen MR) is 90.3 cm³/mol. The van der Waals surface area contributed by atoms with Gasteiger partial charge in [-0.05, 0) is 6.42 Å². The number of aromatic amines is 1. The topological polar surface area (TPSA) is 205 Å². The fraction of sp³-hybridized carbons (Fsp3) is 0.533. The molecule has 0 spiro atoms. The van der Waals surface area contributed by atoms with Gasteiger partial charge in [-0.1, -0.05) is 13.8 Å². The smallest absolute Gasteiger partial charge is 0.344 e. The average Bonchev–Trinajstić information content (AvgIpc) is 3.11. The second kappa shape index (κ2) is 12.4. The van der Waals surface area contributed by atoms with E-state index < -0.39 is 35.9 Å². The van der Waals surface area contributed by atoms with E-state index in [1.807, 2.05) is 0 Å². The minimum atomic E-state index is -1.20. The lowest BCUT2D eigenvalue weighted by molar-refractivity contribution is -0.237. The van der Waals surface area contributed by atoms with Crippen LogP contribution in [0.3, 0.4) is 0 Å². The molecule has 0 aromatic carbocycles. The fourth-order valence-corrected chi connectivity index (χ4v) is 1.59. The van der Waals surface area contributed by atoms with Crippen molar-refractivity contribution in [2.24, 2.45) is 11.7 Å². The summed E-state index contributed by atoms with van der Waals surface area (Å²) in [5.41, 5.74) is 5.76. The maximum Gasteiger partial charge on any atom is 0.344 e. The zero-order valence-electron chi connectivity index (χ0n) is 14.9. The van der Waals surface area contributed by atoms with E-state index in [9.17, 15) is 19.2 Å². The number of aliphatic carboxylic acids is 2. The lowest BCUT2D eigenvalue weighted by Crippen LogP contribution is -2.43. The molecule has 1 amide bonds. The Morgan fingerprint density at radius 3 is 2.26 bits per heavy atom. The molecule has 7 N–H and O–H groups in total. The van der Waals surface area contributed by atoms with Crippen LogP contribution in [0.2, 0.25) is 0 Å². The van der Waals surface area contributed by atoms with Crippen LogP contribution in [-0.4, -0.2) is 61.3 Å². The molecule has 0 saturated carbocycles. The van der Waals surface area contributed by atoms with Crippen molar-refractivity contribution in [1.82, 2.24) is 15.3 Å². The van der Waals surface area contributed by atoms with Crippen LogP contribution in [0.4, 0.5) is 0 Å². The summed E-state index contributed by atoms with van der Waals surface area (Å²) in [6, 6.07) is -2.26. The molecule has 1 heterocycles. The molecule has 1 aromatic heterocycles. The molecule has 0 aliphatic rings. The number of amides is 1. The first-order valence-electron chi connectivity index (χ1n) is 7.91. The normalized spacial score (nSPS) is 12.3. The highest BCUT2D eigenvalue weighted by atomic mass is 17.1. The summed E-state index contributed by atoms with van der Waals surface area (Å²) in [6.45, 7) is 3.27. The van der Waals surface area contributed by atoms with Crippen LogP contribution < -0.4 is 11.1 Å². The molecular formula is C15H24N4O8. The first-order chi connectivity index (χ1) is 12.6. The second-order valence-corrected chi connectivity index (χ2v) is 5.77. The highest BCUT2D eigenvalue weighted by molar-refractivity contribution is 5.84. The lowest BCUT2D eigenvalue weighted by Gasteiger charge is -2.14. The molecule has 1 rings (SSSR count). The van der Waals surface area contributed by atoms with Gasteiger partial charge in [-0.15, -0.1) is 0 Å². The van der Waals surface area contributed by atoms with Crippen molar-refractivity contribution >= 4 is 23.8 Å². The lowest BCUT2D eigenvalue weighted by atomic mass is 10.1. The number of carboxylic acid groups (broad SMARTS) is 2. The number of H-pyrrole nitrogens is 1. The van der Waals surface area contributed by atoms with Gasteiger partial charge >= 0.3 is 17.9 Å². The zero-order valence-corrected chi connectivity index (χ0v) is 14.9. The summed E-state index contributed by atoms with van der Waals surface area (Å²) in [7, 11) is 0. The molecule has 0 radical (unpaired) electrons. The van der Waals surface area contributed by atoms with E-state index in [0.29, 0.717) is 5.69 Å². The van der Waals surface area contributed by atoms with Crippen LogP contribution in [0.1, 0.15) is 32.4 Å². The highest BCUT2D eigenvalue weighted by Gasteiger charge is 2.22. The summed E-state index contributed by atoms with van der Waals surface area (Å²) in [4.78, 5) is 53.1. The first-order valence-corrected chi connectivity index (χ1v) is 7.91. The largest absolute Gasteiger partial charge is 0.480 e. The van der Waals surface area contributed by atoms with E-state index in [0.717, 1.165) is 0 Å². The molecule has 1 aromatic rings. The van der Waals surface area contributed by atoms with E-state index in [4.69, 9.17) is 21.2 Å². The fourth-order valence-electron chi connectivity index (χ4n) is 1.59. The molecule has 0 saturated heterocycles. The molecule has 27 heavy (non-hydrogen) atoms. The van der Waals surface area contributed by atoms with Gasteiger partial charge in [0.05, 0.1) is 17.9 Å². The van der Waals surface area contributed by atoms with E-state index in [2.05, 4.69) is 20.2 Å². The number of nitrogens with one attached hydrogen (secondary N) is 2. The quantitative estimate of drug-likeness (QED) is 0.233. The molecule has 2 atom stereocenters. The van der Waals surface area contributed by atoms with Crippen LogP contribution in [-0.2, 0) is 30.5 Å². The Kier molecular flexibility index (Phi) is 11.0. The Labute approximate surface area is 154 Å². The predicted octanol–water partition coefficient (Wildman–Crippen LogP) is -0.628. The van der Waals surface area contributed by atoms with Crippen molar-refractivity contribution in [3.05, 3.63) is 18.2 Å². The Balaban J connectivity index is 0.000000821. The Morgan fingerprint density at radius 2 is 1.89 bits per heavy atom. The average molecular weight is 388 g/mol. The van der Waals surface area contributed by atoms with Crippen LogP contribution in [0.15, 0.2) is 12.5 Å². The number of hydrogen-bond acceptors (Lipinski definition) is 8. The van der Waals surface area contributed by atoms with Crippen molar-refractivity contribution in [2.45, 2.75) is 45.2 Å². The van der Waals surface area contributed by atoms with Crippen LogP contribution in [0.5, 0.6) is 0 Å². The molecule has 2 unspecified atom stereocenters. The van der Waals surface area contributed by atoms with Gasteiger partial charge < -0.3 is 31.1 Å².